The van der Waals surface area contributed by atoms with E-state index < -0.39 is 23.9 Å². The predicted octanol–water partition coefficient (Wildman–Crippen LogP) is 2.05. The third-order valence-corrected chi connectivity index (χ3v) is 6.53. The van der Waals surface area contributed by atoms with Crippen molar-refractivity contribution in [2.24, 2.45) is 0 Å². The van der Waals surface area contributed by atoms with Crippen molar-refractivity contribution < 1.29 is 28.6 Å². The molecule has 2 aliphatic rings. The lowest BCUT2D eigenvalue weighted by Gasteiger charge is -2.29. The number of carbonyl (C=O) groups excluding carboxylic acids is 2. The summed E-state index contributed by atoms with van der Waals surface area (Å²) in [4.78, 5) is 25.3. The Hall–Kier alpha value is -3.48. The molecule has 4 rings (SSSR count). The highest BCUT2D eigenvalue weighted by atomic mass is 19.1. The van der Waals surface area contributed by atoms with E-state index in [2.05, 4.69) is 10.6 Å². The van der Waals surface area contributed by atoms with E-state index in [0.29, 0.717) is 36.3 Å². The number of aliphatic hydroxyl groups excluding tert-OH is 1. The van der Waals surface area contributed by atoms with Crippen LogP contribution in [0.15, 0.2) is 24.3 Å². The van der Waals surface area contributed by atoms with Gasteiger partial charge in [0.2, 0.25) is 0 Å². The summed E-state index contributed by atoms with van der Waals surface area (Å²) in [6.45, 7) is 0.437. The third-order valence-electron chi connectivity index (χ3n) is 6.53. The Morgan fingerprint density at radius 2 is 2.03 bits per heavy atom. The van der Waals surface area contributed by atoms with E-state index in [1.54, 1.807) is 25.3 Å². The van der Waals surface area contributed by atoms with Gasteiger partial charge in [0.05, 0.1) is 43.1 Å². The van der Waals surface area contributed by atoms with Gasteiger partial charge >= 0.3 is 0 Å². The Morgan fingerprint density at radius 3 is 2.74 bits per heavy atom. The Kier molecular flexibility index (Phi) is 7.63. The zero-order chi connectivity index (χ0) is 24.9. The molecule has 8 nitrogen and oxygen atoms in total. The first-order valence-corrected chi connectivity index (χ1v) is 11.6. The van der Waals surface area contributed by atoms with E-state index in [1.807, 2.05) is 0 Å². The van der Waals surface area contributed by atoms with Crippen molar-refractivity contribution in [1.82, 2.24) is 10.6 Å². The van der Waals surface area contributed by atoms with Crippen LogP contribution in [0.4, 0.5) is 4.39 Å². The summed E-state index contributed by atoms with van der Waals surface area (Å²) in [5.74, 6) is -1.11. The largest absolute Gasteiger partial charge is 0.496 e. The van der Waals surface area contributed by atoms with Gasteiger partial charge in [-0.2, -0.15) is 5.26 Å². The summed E-state index contributed by atoms with van der Waals surface area (Å²) in [7, 11) is 1.54. The van der Waals surface area contributed by atoms with Crippen molar-refractivity contribution in [3.05, 3.63) is 63.5 Å². The first kappa shape index (κ1) is 24.6. The number of hydrogen-bond donors (Lipinski definition) is 3. The van der Waals surface area contributed by atoms with Crippen molar-refractivity contribution in [3.8, 4) is 11.8 Å². The number of amides is 2. The highest BCUT2D eigenvalue weighted by Crippen LogP contribution is 2.37. The lowest BCUT2D eigenvalue weighted by atomic mass is 9.92. The maximum Gasteiger partial charge on any atom is 0.255 e. The summed E-state index contributed by atoms with van der Waals surface area (Å²) in [5, 5.41) is 24.0. The average Bonchev–Trinajstić information content (AvgIpc) is 3.34. The molecule has 1 aliphatic heterocycles. The van der Waals surface area contributed by atoms with Crippen LogP contribution in [0.1, 0.15) is 55.8 Å². The first-order chi connectivity index (χ1) is 16.9. The van der Waals surface area contributed by atoms with E-state index in [4.69, 9.17) is 14.7 Å². The molecule has 0 aromatic heterocycles. The van der Waals surface area contributed by atoms with E-state index in [0.717, 1.165) is 36.0 Å². The van der Waals surface area contributed by atoms with Crippen molar-refractivity contribution in [3.63, 3.8) is 0 Å². The fourth-order valence-electron chi connectivity index (χ4n) is 4.82. The first-order valence-electron chi connectivity index (χ1n) is 11.6. The van der Waals surface area contributed by atoms with Gasteiger partial charge in [-0.25, -0.2) is 4.39 Å². The van der Waals surface area contributed by atoms with Crippen molar-refractivity contribution in [2.45, 2.75) is 44.2 Å². The second-order valence-electron chi connectivity index (χ2n) is 8.77. The molecule has 1 heterocycles. The van der Waals surface area contributed by atoms with Crippen LogP contribution in [-0.4, -0.2) is 55.9 Å². The Balaban J connectivity index is 1.63. The highest BCUT2D eigenvalue weighted by Gasteiger charge is 2.29. The molecule has 0 unspecified atom stereocenters. The lowest BCUT2D eigenvalue weighted by molar-refractivity contribution is -0.0261. The van der Waals surface area contributed by atoms with E-state index in [1.165, 1.54) is 12.1 Å². The third kappa shape index (κ3) is 5.29. The standard InChI is InChI=1S/C26H28FN3O5/c1-34-24-18-4-2-3-17(18)16(13-20(24)26(33)30-22-7-10-35-14-23(22)31)11-15-5-6-19(21(27)12-15)25(32)29-9-8-28/h5-6,12-13,22-23,31H,2-4,7,9-11,14H2,1H3,(H,29,32)(H,30,33)/t22-,23-/m0/s1. The summed E-state index contributed by atoms with van der Waals surface area (Å²) < 4.78 is 25.6. The molecule has 35 heavy (non-hydrogen) atoms. The fraction of sp³-hybridized carbons (Fsp3) is 0.423. The number of carbonyl (C=O) groups is 2. The Labute approximate surface area is 203 Å². The molecule has 0 saturated carbocycles. The number of rotatable bonds is 7. The molecular formula is C26H28FN3O5. The molecule has 2 amide bonds. The van der Waals surface area contributed by atoms with Crippen LogP contribution in [-0.2, 0) is 24.0 Å². The van der Waals surface area contributed by atoms with Gasteiger partial charge in [0.1, 0.15) is 18.1 Å². The zero-order valence-corrected chi connectivity index (χ0v) is 19.5. The van der Waals surface area contributed by atoms with Crippen LogP contribution in [0.2, 0.25) is 0 Å². The number of hydrogen-bond acceptors (Lipinski definition) is 6. The van der Waals surface area contributed by atoms with Gasteiger partial charge in [-0.1, -0.05) is 6.07 Å². The van der Waals surface area contributed by atoms with E-state index in [9.17, 15) is 19.1 Å². The van der Waals surface area contributed by atoms with Crippen LogP contribution in [0.5, 0.6) is 5.75 Å². The molecule has 9 heteroatoms. The van der Waals surface area contributed by atoms with Crippen molar-refractivity contribution >= 4 is 11.8 Å². The number of methoxy groups -OCH3 is 1. The average molecular weight is 482 g/mol. The second kappa shape index (κ2) is 10.8. The minimum absolute atomic E-state index is 0.126. The number of fused-ring (bicyclic) bond motifs is 1. The minimum Gasteiger partial charge on any atom is -0.496 e. The number of halogens is 1. The van der Waals surface area contributed by atoms with Crippen LogP contribution >= 0.6 is 0 Å². The minimum atomic E-state index is -0.778. The molecule has 1 fully saturated rings. The normalized spacial score (nSPS) is 18.9. The molecular weight excluding hydrogens is 453 g/mol. The monoisotopic (exact) mass is 481 g/mol. The van der Waals surface area contributed by atoms with Crippen molar-refractivity contribution in [1.29, 1.82) is 5.26 Å². The van der Waals surface area contributed by atoms with E-state index >= 15 is 0 Å². The summed E-state index contributed by atoms with van der Waals surface area (Å²) in [5.41, 5.74) is 3.90. The number of ether oxygens (including phenoxy) is 2. The molecule has 2 aromatic rings. The zero-order valence-electron chi connectivity index (χ0n) is 19.5. The molecule has 2 atom stereocenters. The van der Waals surface area contributed by atoms with Crippen LogP contribution in [0.3, 0.4) is 0 Å². The Morgan fingerprint density at radius 1 is 1.23 bits per heavy atom. The molecule has 1 aliphatic carbocycles. The van der Waals surface area contributed by atoms with Gasteiger partial charge in [-0.15, -0.1) is 0 Å². The summed E-state index contributed by atoms with van der Waals surface area (Å²) in [6, 6.07) is 7.56. The fourth-order valence-corrected chi connectivity index (χ4v) is 4.82. The van der Waals surface area contributed by atoms with E-state index in [-0.39, 0.29) is 24.6 Å². The van der Waals surface area contributed by atoms with Gasteiger partial charge in [-0.3, -0.25) is 9.59 Å². The van der Waals surface area contributed by atoms with Crippen molar-refractivity contribution in [2.75, 3.05) is 26.9 Å². The van der Waals surface area contributed by atoms with Gasteiger partial charge < -0.3 is 25.2 Å². The van der Waals surface area contributed by atoms with Crippen LogP contribution < -0.4 is 15.4 Å². The predicted molar refractivity (Wildman–Crippen MR) is 125 cm³/mol. The SMILES string of the molecule is COc1c(C(=O)N[C@H]2CCOC[C@@H]2O)cc(Cc2ccc(C(=O)NCC#N)c(F)c2)c2c1CCC2. The number of nitriles is 1. The van der Waals surface area contributed by atoms with Gasteiger partial charge in [0.15, 0.2) is 0 Å². The number of nitrogens with zero attached hydrogens (tertiary/aromatic N) is 1. The molecule has 0 radical (unpaired) electrons. The van der Waals surface area contributed by atoms with Gasteiger partial charge in [-0.05, 0) is 72.6 Å². The maximum atomic E-state index is 14.7. The second-order valence-corrected chi connectivity index (χ2v) is 8.77. The van der Waals surface area contributed by atoms with Gasteiger partial charge in [0, 0.05) is 6.61 Å². The molecule has 1 saturated heterocycles. The quantitative estimate of drug-likeness (QED) is 0.521. The lowest BCUT2D eigenvalue weighted by Crippen LogP contribution is -2.48. The molecule has 3 N–H and O–H groups in total. The maximum absolute atomic E-state index is 14.7. The molecule has 0 bridgehead atoms. The van der Waals surface area contributed by atoms with Gasteiger partial charge in [0.25, 0.3) is 11.8 Å². The number of benzene rings is 2. The molecule has 2 aromatic carbocycles. The summed E-state index contributed by atoms with van der Waals surface area (Å²) in [6.07, 6.45) is 2.65. The number of aliphatic hydroxyl groups is 1. The smallest absolute Gasteiger partial charge is 0.255 e. The molecule has 0 spiro atoms. The highest BCUT2D eigenvalue weighted by molar-refractivity contribution is 5.98. The number of nitrogens with one attached hydrogen (secondary N) is 2. The molecule has 184 valence electrons. The van der Waals surface area contributed by atoms with Crippen LogP contribution in [0, 0.1) is 17.1 Å². The topological polar surface area (TPSA) is 121 Å². The van der Waals surface area contributed by atoms with Crippen LogP contribution in [0.25, 0.3) is 0 Å². The summed E-state index contributed by atoms with van der Waals surface area (Å²) >= 11 is 0. The Bertz CT molecular complexity index is 1180.